The first-order chi connectivity index (χ1) is 9.93. The van der Waals surface area contributed by atoms with Crippen molar-refractivity contribution in [2.75, 3.05) is 12.1 Å². The molecule has 0 saturated carbocycles. The summed E-state index contributed by atoms with van der Waals surface area (Å²) >= 11 is 1.35. The number of anilines is 1. The second-order valence-corrected chi connectivity index (χ2v) is 6.14. The summed E-state index contributed by atoms with van der Waals surface area (Å²) in [6.45, 7) is 3.53. The first-order valence-corrected chi connectivity index (χ1v) is 7.27. The van der Waals surface area contributed by atoms with Crippen LogP contribution in [0, 0.1) is 0 Å². The molecule has 0 atom stereocenters. The smallest absolute Gasteiger partial charge is 0.245 e. The first-order valence-electron chi connectivity index (χ1n) is 6.39. The fraction of sp³-hybridized carbons (Fsp3) is 0.286. The van der Waals surface area contributed by atoms with Crippen molar-refractivity contribution in [1.29, 1.82) is 0 Å². The topological polar surface area (TPSA) is 86.5 Å². The molecule has 2 aromatic rings. The summed E-state index contributed by atoms with van der Waals surface area (Å²) in [5.74, 6) is 1.16. The predicted octanol–water partition coefficient (Wildman–Crippen LogP) is 2.21. The summed E-state index contributed by atoms with van der Waals surface area (Å²) in [5.41, 5.74) is 6.47. The van der Waals surface area contributed by atoms with Crippen LogP contribution >= 0.6 is 11.3 Å². The van der Waals surface area contributed by atoms with E-state index in [1.807, 2.05) is 23.6 Å². The fourth-order valence-electron chi connectivity index (χ4n) is 1.78. The van der Waals surface area contributed by atoms with E-state index >= 15 is 0 Å². The Morgan fingerprint density at radius 2 is 2.14 bits per heavy atom. The number of nitrogens with one attached hydrogen (secondary N) is 1. The molecule has 110 valence electrons. The lowest BCUT2D eigenvalue weighted by molar-refractivity contribution is -0.120. The van der Waals surface area contributed by atoms with Crippen LogP contribution in [0.5, 0.6) is 11.5 Å². The largest absolute Gasteiger partial charge is 0.454 e. The lowest BCUT2D eigenvalue weighted by Gasteiger charge is -2.16. The van der Waals surface area contributed by atoms with Crippen molar-refractivity contribution >= 4 is 22.4 Å². The van der Waals surface area contributed by atoms with Crippen LogP contribution in [-0.4, -0.2) is 23.2 Å². The summed E-state index contributed by atoms with van der Waals surface area (Å²) in [6.07, 6.45) is 0. The number of amides is 1. The molecule has 21 heavy (non-hydrogen) atoms. The zero-order valence-corrected chi connectivity index (χ0v) is 12.5. The van der Waals surface area contributed by atoms with E-state index in [1.54, 1.807) is 13.8 Å². The molecular weight excluding hydrogens is 290 g/mol. The van der Waals surface area contributed by atoms with Gasteiger partial charge in [0.05, 0.1) is 11.2 Å². The Morgan fingerprint density at radius 3 is 2.90 bits per heavy atom. The van der Waals surface area contributed by atoms with Crippen molar-refractivity contribution < 1.29 is 14.3 Å². The summed E-state index contributed by atoms with van der Waals surface area (Å²) in [5, 5.41) is 5.10. The van der Waals surface area contributed by atoms with Gasteiger partial charge in [0.1, 0.15) is 0 Å². The first kappa shape index (κ1) is 13.8. The number of rotatable bonds is 3. The lowest BCUT2D eigenvalue weighted by atomic mass is 10.1. The third-order valence-electron chi connectivity index (χ3n) is 2.98. The molecule has 0 saturated heterocycles. The SMILES string of the molecule is CC(C)(N)C(=O)Nc1nc(-c2ccc3c(c2)OCO3)cs1. The number of ether oxygens (including phenoxy) is 2. The molecule has 0 fully saturated rings. The van der Waals surface area contributed by atoms with Gasteiger partial charge in [0, 0.05) is 10.9 Å². The van der Waals surface area contributed by atoms with Gasteiger partial charge in [-0.05, 0) is 32.0 Å². The van der Waals surface area contributed by atoms with Gasteiger partial charge in [-0.3, -0.25) is 4.79 Å². The molecule has 1 amide bonds. The van der Waals surface area contributed by atoms with Crippen molar-refractivity contribution in [2.24, 2.45) is 5.73 Å². The van der Waals surface area contributed by atoms with Gasteiger partial charge >= 0.3 is 0 Å². The maximum atomic E-state index is 11.8. The molecule has 0 spiro atoms. The molecule has 3 N–H and O–H groups in total. The predicted molar refractivity (Wildman–Crippen MR) is 80.6 cm³/mol. The minimum absolute atomic E-state index is 0.239. The number of hydrogen-bond acceptors (Lipinski definition) is 6. The van der Waals surface area contributed by atoms with E-state index in [1.165, 1.54) is 11.3 Å². The highest BCUT2D eigenvalue weighted by molar-refractivity contribution is 7.14. The van der Waals surface area contributed by atoms with Gasteiger partial charge in [-0.25, -0.2) is 4.98 Å². The van der Waals surface area contributed by atoms with Crippen LogP contribution in [0.1, 0.15) is 13.8 Å². The van der Waals surface area contributed by atoms with Gasteiger partial charge < -0.3 is 20.5 Å². The second kappa shape index (κ2) is 5.01. The summed E-state index contributed by atoms with van der Waals surface area (Å²) in [6, 6.07) is 5.62. The van der Waals surface area contributed by atoms with Crippen molar-refractivity contribution in [3.05, 3.63) is 23.6 Å². The molecule has 6 nitrogen and oxygen atoms in total. The van der Waals surface area contributed by atoms with E-state index in [4.69, 9.17) is 15.2 Å². The Morgan fingerprint density at radius 1 is 1.38 bits per heavy atom. The van der Waals surface area contributed by atoms with Crippen molar-refractivity contribution in [2.45, 2.75) is 19.4 Å². The second-order valence-electron chi connectivity index (χ2n) is 5.28. The van der Waals surface area contributed by atoms with Crippen LogP contribution in [0.15, 0.2) is 23.6 Å². The monoisotopic (exact) mass is 305 g/mol. The molecule has 7 heteroatoms. The van der Waals surface area contributed by atoms with Gasteiger partial charge in [0.15, 0.2) is 16.6 Å². The molecule has 0 aliphatic carbocycles. The standard InChI is InChI=1S/C14H15N3O3S/c1-14(2,15)12(18)17-13-16-9(6-21-13)8-3-4-10-11(5-8)20-7-19-10/h3-6H,7,15H2,1-2H3,(H,16,17,18). The average molecular weight is 305 g/mol. The van der Waals surface area contributed by atoms with Crippen molar-refractivity contribution in [1.82, 2.24) is 4.98 Å². The number of thiazole rings is 1. The van der Waals surface area contributed by atoms with E-state index < -0.39 is 5.54 Å². The van der Waals surface area contributed by atoms with Gasteiger partial charge in [0.2, 0.25) is 12.7 Å². The third-order valence-corrected chi connectivity index (χ3v) is 3.74. The molecule has 0 bridgehead atoms. The Balaban J connectivity index is 1.80. The summed E-state index contributed by atoms with van der Waals surface area (Å²) in [7, 11) is 0. The van der Waals surface area contributed by atoms with Crippen LogP contribution in [0.2, 0.25) is 0 Å². The third kappa shape index (κ3) is 2.84. The normalized spacial score (nSPS) is 13.3. The number of nitrogens with two attached hydrogens (primary N) is 1. The van der Waals surface area contributed by atoms with Gasteiger partial charge in [0.25, 0.3) is 0 Å². The van der Waals surface area contributed by atoms with E-state index in [0.717, 1.165) is 17.0 Å². The van der Waals surface area contributed by atoms with Crippen molar-refractivity contribution in [3.8, 4) is 22.8 Å². The number of benzene rings is 1. The zero-order chi connectivity index (χ0) is 15.0. The summed E-state index contributed by atoms with van der Waals surface area (Å²) in [4.78, 5) is 16.2. The maximum absolute atomic E-state index is 11.8. The van der Waals surface area contributed by atoms with E-state index in [-0.39, 0.29) is 12.7 Å². The Labute approximate surface area is 125 Å². The maximum Gasteiger partial charge on any atom is 0.245 e. The number of nitrogens with zero attached hydrogens (tertiary/aromatic N) is 1. The lowest BCUT2D eigenvalue weighted by Crippen LogP contribution is -2.45. The highest BCUT2D eigenvalue weighted by Gasteiger charge is 2.23. The Hall–Kier alpha value is -2.12. The number of aromatic nitrogens is 1. The number of carbonyl (C=O) groups excluding carboxylic acids is 1. The fourth-order valence-corrected chi connectivity index (χ4v) is 2.49. The quantitative estimate of drug-likeness (QED) is 0.908. The minimum atomic E-state index is -0.940. The molecule has 3 rings (SSSR count). The number of carbonyl (C=O) groups is 1. The van der Waals surface area contributed by atoms with E-state index in [9.17, 15) is 4.79 Å². The minimum Gasteiger partial charge on any atom is -0.454 e. The van der Waals surface area contributed by atoms with Crippen LogP contribution < -0.4 is 20.5 Å². The molecule has 0 radical (unpaired) electrons. The molecule has 1 aromatic carbocycles. The van der Waals surface area contributed by atoms with E-state index in [2.05, 4.69) is 10.3 Å². The average Bonchev–Trinajstić information content (AvgIpc) is 3.04. The molecular formula is C14H15N3O3S. The van der Waals surface area contributed by atoms with Gasteiger partial charge in [-0.2, -0.15) is 0 Å². The molecule has 0 unspecified atom stereocenters. The Bertz CT molecular complexity index is 691. The molecule has 1 aliphatic heterocycles. The molecule has 1 aliphatic rings. The van der Waals surface area contributed by atoms with Gasteiger partial charge in [-0.1, -0.05) is 0 Å². The number of fused-ring (bicyclic) bond motifs is 1. The summed E-state index contributed by atoms with van der Waals surface area (Å²) < 4.78 is 10.6. The van der Waals surface area contributed by atoms with Gasteiger partial charge in [-0.15, -0.1) is 11.3 Å². The van der Waals surface area contributed by atoms with Crippen LogP contribution in [0.25, 0.3) is 11.3 Å². The number of hydrogen-bond donors (Lipinski definition) is 2. The molecule has 1 aromatic heterocycles. The van der Waals surface area contributed by atoms with Crippen LogP contribution in [0.4, 0.5) is 5.13 Å². The zero-order valence-electron chi connectivity index (χ0n) is 11.7. The highest BCUT2D eigenvalue weighted by atomic mass is 32.1. The molecule has 2 heterocycles. The van der Waals surface area contributed by atoms with Crippen LogP contribution in [0.3, 0.4) is 0 Å². The van der Waals surface area contributed by atoms with Crippen LogP contribution in [-0.2, 0) is 4.79 Å². The van der Waals surface area contributed by atoms with Crippen molar-refractivity contribution in [3.63, 3.8) is 0 Å². The Kier molecular flexibility index (Phi) is 3.30. The van der Waals surface area contributed by atoms with E-state index in [0.29, 0.717) is 10.9 Å². The highest BCUT2D eigenvalue weighted by Crippen LogP contribution is 2.36.